The highest BCUT2D eigenvalue weighted by atomic mass is 35.5. The molecule has 1 aliphatic carbocycles. The van der Waals surface area contributed by atoms with Crippen LogP contribution >= 0.6 is 23.2 Å². The molecule has 6 aromatic heterocycles. The lowest BCUT2D eigenvalue weighted by Gasteiger charge is -2.30. The lowest BCUT2D eigenvalue weighted by Crippen LogP contribution is -2.40. The van der Waals surface area contributed by atoms with Crippen molar-refractivity contribution in [1.82, 2.24) is 50.0 Å². The number of hydrogen-bond donors (Lipinski definition) is 3. The van der Waals surface area contributed by atoms with E-state index in [1.165, 1.54) is 42.2 Å². The molecule has 0 radical (unpaired) electrons. The van der Waals surface area contributed by atoms with Gasteiger partial charge in [0, 0.05) is 48.8 Å². The average Bonchev–Trinajstić information content (AvgIpc) is 3.57. The molecule has 10 rings (SSSR count). The zero-order valence-electron chi connectivity index (χ0n) is 34.8. The first-order chi connectivity index (χ1) is 29.0. The fourth-order valence-electron chi connectivity index (χ4n) is 8.30. The van der Waals surface area contributed by atoms with E-state index in [4.69, 9.17) is 37.9 Å². The van der Waals surface area contributed by atoms with Crippen molar-refractivity contribution in [3.63, 3.8) is 0 Å². The third-order valence-electron chi connectivity index (χ3n) is 11.4. The molecule has 4 aliphatic rings. The van der Waals surface area contributed by atoms with E-state index >= 15 is 0 Å². The minimum atomic E-state index is -0.473. The molecule has 322 valence electrons. The summed E-state index contributed by atoms with van der Waals surface area (Å²) in [6.45, 7) is 12.8. The van der Waals surface area contributed by atoms with E-state index in [0.717, 1.165) is 96.4 Å². The van der Waals surface area contributed by atoms with E-state index in [2.05, 4.69) is 65.6 Å². The molecule has 3 N–H and O–H groups in total. The fourth-order valence-corrected chi connectivity index (χ4v) is 8.63. The molecule has 6 aromatic rings. The Bertz CT molecular complexity index is 2480. The molecular formula is C46H57Cl2N11O2. The molecule has 0 unspecified atom stereocenters. The van der Waals surface area contributed by atoms with Crippen LogP contribution < -0.4 is 16.0 Å². The Kier molecular flexibility index (Phi) is 14.0. The first-order valence-corrected chi connectivity index (χ1v) is 21.8. The van der Waals surface area contributed by atoms with Crippen LogP contribution in [0, 0.1) is 5.92 Å². The lowest BCUT2D eigenvalue weighted by molar-refractivity contribution is 0.0221. The van der Waals surface area contributed by atoms with E-state index in [1.54, 1.807) is 11.0 Å². The number of nitrogens with one attached hydrogen (secondary N) is 3. The number of ether oxygens (including phenoxy) is 1. The van der Waals surface area contributed by atoms with Crippen LogP contribution in [0.15, 0.2) is 61.1 Å². The van der Waals surface area contributed by atoms with Crippen LogP contribution in [0.25, 0.3) is 21.9 Å². The highest BCUT2D eigenvalue weighted by Gasteiger charge is 2.27. The topological polar surface area (TPSA) is 148 Å². The molecule has 0 aromatic carbocycles. The summed E-state index contributed by atoms with van der Waals surface area (Å²) in [6.07, 6.45) is 13.2. The number of amides is 1. The fraction of sp³-hybridized carbons (Fsp3) is 0.457. The van der Waals surface area contributed by atoms with Crippen molar-refractivity contribution >= 4 is 63.0 Å². The number of fused-ring (bicyclic) bond motifs is 6. The third kappa shape index (κ3) is 10.7. The molecule has 1 saturated carbocycles. The van der Waals surface area contributed by atoms with Gasteiger partial charge in [0.15, 0.2) is 0 Å². The van der Waals surface area contributed by atoms with Crippen LogP contribution in [-0.4, -0.2) is 70.7 Å². The van der Waals surface area contributed by atoms with Crippen LogP contribution in [0.3, 0.4) is 0 Å². The van der Waals surface area contributed by atoms with Gasteiger partial charge in [-0.2, -0.15) is 4.98 Å². The standard InChI is InChI=1S/C24H27N7.C13H17ClN2O2.C8H9ClN2.CH4/c1-15-2-5-17(6-3-15)31-21-14-26-11-9-18(21)19-12-27-24(30-23(19)31)29-22-7-4-16-8-10-25-13-20(16)28-22;1-13(2,3)18-12(17)16-7-6-9-4-5-11(14)15-10(9)8-16;9-8-2-1-6-3-4-10-5-7(6)11-8;/h4,7,9,11-12,14-15,17,25H,2-3,5-6,8,10,13H2,1H3,(H,27,28,29,30);4-5H,6-8H2,1-3H3;1-2,10H,3-5H2;1H4. The maximum Gasteiger partial charge on any atom is 0.410 e. The van der Waals surface area contributed by atoms with Gasteiger partial charge in [0.25, 0.3) is 0 Å². The third-order valence-corrected chi connectivity index (χ3v) is 11.9. The maximum atomic E-state index is 12.0. The Morgan fingerprint density at radius 2 is 1.43 bits per heavy atom. The molecule has 13 nitrogen and oxygen atoms in total. The molecule has 0 saturated heterocycles. The van der Waals surface area contributed by atoms with Gasteiger partial charge >= 0.3 is 6.09 Å². The van der Waals surface area contributed by atoms with Crippen molar-refractivity contribution in [2.45, 2.75) is 111 Å². The summed E-state index contributed by atoms with van der Waals surface area (Å²) in [5.41, 5.74) is 8.53. The predicted octanol–water partition coefficient (Wildman–Crippen LogP) is 9.56. The normalized spacial score (nSPS) is 18.2. The number of aromatic nitrogens is 7. The number of anilines is 2. The Balaban J connectivity index is 0.000000158. The highest BCUT2D eigenvalue weighted by Crippen LogP contribution is 2.38. The van der Waals surface area contributed by atoms with Crippen molar-refractivity contribution in [2.75, 3.05) is 25.0 Å². The van der Waals surface area contributed by atoms with Gasteiger partial charge in [-0.15, -0.1) is 0 Å². The summed E-state index contributed by atoms with van der Waals surface area (Å²) < 4.78 is 7.75. The van der Waals surface area contributed by atoms with Crippen molar-refractivity contribution in [3.8, 4) is 0 Å². The van der Waals surface area contributed by atoms with Crippen LogP contribution in [-0.2, 0) is 43.6 Å². The second-order valence-electron chi connectivity index (χ2n) is 17.0. The van der Waals surface area contributed by atoms with Crippen LogP contribution in [0.2, 0.25) is 10.3 Å². The van der Waals surface area contributed by atoms with Gasteiger partial charge in [0.1, 0.15) is 27.4 Å². The van der Waals surface area contributed by atoms with Gasteiger partial charge in [0.2, 0.25) is 5.95 Å². The molecule has 3 aliphatic heterocycles. The van der Waals surface area contributed by atoms with E-state index in [1.807, 2.05) is 57.6 Å². The van der Waals surface area contributed by atoms with Crippen molar-refractivity contribution in [1.29, 1.82) is 0 Å². The number of nitrogens with zero attached hydrogens (tertiary/aromatic N) is 8. The summed E-state index contributed by atoms with van der Waals surface area (Å²) in [4.78, 5) is 40.9. The molecule has 1 amide bonds. The van der Waals surface area contributed by atoms with Gasteiger partial charge < -0.3 is 30.2 Å². The van der Waals surface area contributed by atoms with Crippen LogP contribution in [0.4, 0.5) is 16.6 Å². The number of pyridine rings is 4. The minimum absolute atomic E-state index is 0. The Morgan fingerprint density at radius 1 is 0.787 bits per heavy atom. The molecule has 61 heavy (non-hydrogen) atoms. The van der Waals surface area contributed by atoms with Gasteiger partial charge in [-0.3, -0.25) is 4.98 Å². The van der Waals surface area contributed by atoms with E-state index in [-0.39, 0.29) is 13.5 Å². The molecule has 9 heterocycles. The maximum absolute atomic E-state index is 12.0. The summed E-state index contributed by atoms with van der Waals surface area (Å²) in [5, 5.41) is 13.3. The smallest absolute Gasteiger partial charge is 0.410 e. The first-order valence-electron chi connectivity index (χ1n) is 21.0. The van der Waals surface area contributed by atoms with E-state index in [0.29, 0.717) is 35.4 Å². The zero-order valence-corrected chi connectivity index (χ0v) is 36.3. The van der Waals surface area contributed by atoms with Gasteiger partial charge in [-0.25, -0.2) is 24.7 Å². The van der Waals surface area contributed by atoms with Gasteiger partial charge in [0.05, 0.1) is 35.3 Å². The number of rotatable bonds is 3. The summed E-state index contributed by atoms with van der Waals surface area (Å²) in [5.74, 6) is 2.18. The summed E-state index contributed by atoms with van der Waals surface area (Å²) in [7, 11) is 0. The summed E-state index contributed by atoms with van der Waals surface area (Å²) in [6, 6.07) is 14.4. The Labute approximate surface area is 368 Å². The molecule has 0 bridgehead atoms. The number of carbonyl (C=O) groups excluding carboxylic acids is 1. The van der Waals surface area contributed by atoms with E-state index in [9.17, 15) is 4.79 Å². The number of halogens is 2. The lowest BCUT2D eigenvalue weighted by atomic mass is 9.87. The average molecular weight is 867 g/mol. The molecular weight excluding hydrogens is 809 g/mol. The van der Waals surface area contributed by atoms with Crippen molar-refractivity contribution < 1.29 is 9.53 Å². The van der Waals surface area contributed by atoms with Gasteiger partial charge in [-0.1, -0.05) is 55.8 Å². The largest absolute Gasteiger partial charge is 0.444 e. The number of carbonyl (C=O) groups is 1. The quantitative estimate of drug-likeness (QED) is 0.146. The predicted molar refractivity (Wildman–Crippen MR) is 243 cm³/mol. The van der Waals surface area contributed by atoms with Crippen molar-refractivity contribution in [3.05, 3.63) is 105 Å². The molecule has 0 spiro atoms. The van der Waals surface area contributed by atoms with Crippen molar-refractivity contribution in [2.24, 2.45) is 5.92 Å². The van der Waals surface area contributed by atoms with Gasteiger partial charge in [-0.05, 0) is 126 Å². The summed E-state index contributed by atoms with van der Waals surface area (Å²) >= 11 is 11.6. The monoisotopic (exact) mass is 865 g/mol. The molecule has 0 atom stereocenters. The Hall–Kier alpha value is -4.95. The second-order valence-corrected chi connectivity index (χ2v) is 17.8. The number of hydrogen-bond acceptors (Lipinski definition) is 11. The van der Waals surface area contributed by atoms with Crippen LogP contribution in [0.1, 0.15) is 101 Å². The SMILES string of the molecule is C.CC(C)(C)OC(=O)N1CCc2ccc(Cl)nc2C1.CC1CCC(n2c3cnccc3c3cnc(Nc4ccc5c(n4)CNCC5)nc32)CC1.Clc1ccc2c(n1)CNCC2. The molecule has 15 heteroatoms. The minimum Gasteiger partial charge on any atom is -0.444 e. The Morgan fingerprint density at radius 3 is 2.11 bits per heavy atom. The zero-order chi connectivity index (χ0) is 41.8. The highest BCUT2D eigenvalue weighted by molar-refractivity contribution is 6.29. The van der Waals surface area contributed by atoms with E-state index < -0.39 is 5.60 Å². The molecule has 1 fully saturated rings. The second kappa shape index (κ2) is 19.4. The van der Waals surface area contributed by atoms with Crippen LogP contribution in [0.5, 0.6) is 0 Å². The first kappa shape index (κ1) is 44.1.